The van der Waals surface area contributed by atoms with Crippen molar-refractivity contribution in [3.63, 3.8) is 0 Å². The largest absolute Gasteiger partial charge is 0.349 e. The van der Waals surface area contributed by atoms with Gasteiger partial charge in [-0.15, -0.1) is 10.2 Å². The summed E-state index contributed by atoms with van der Waals surface area (Å²) >= 11 is 0. The van der Waals surface area contributed by atoms with E-state index in [0.29, 0.717) is 17.5 Å². The SMILES string of the molecule is O=C(NC1CCC1)c1ccc2nnc(C3CCN(Cc4ccccc4)C3)n2c1. The molecule has 1 aromatic carbocycles. The van der Waals surface area contributed by atoms with Crippen molar-refractivity contribution in [2.24, 2.45) is 0 Å². The number of hydrogen-bond donors (Lipinski definition) is 1. The number of carbonyl (C=O) groups excluding carboxylic acids is 1. The van der Waals surface area contributed by atoms with Crippen LogP contribution >= 0.6 is 0 Å². The second-order valence-corrected chi connectivity index (χ2v) is 8.01. The topological polar surface area (TPSA) is 62.5 Å². The highest BCUT2D eigenvalue weighted by molar-refractivity contribution is 5.94. The lowest BCUT2D eigenvalue weighted by atomic mass is 9.93. The molecule has 1 amide bonds. The fourth-order valence-electron chi connectivity index (χ4n) is 4.17. The van der Waals surface area contributed by atoms with Crippen LogP contribution in [0.5, 0.6) is 0 Å². The molecule has 3 heterocycles. The zero-order chi connectivity index (χ0) is 18.9. The van der Waals surface area contributed by atoms with Gasteiger partial charge in [0.15, 0.2) is 5.65 Å². The van der Waals surface area contributed by atoms with Crippen LogP contribution in [0.1, 0.15) is 53.3 Å². The Morgan fingerprint density at radius 2 is 1.93 bits per heavy atom. The molecule has 28 heavy (non-hydrogen) atoms. The molecule has 0 radical (unpaired) electrons. The normalized spacial score (nSPS) is 20.4. The van der Waals surface area contributed by atoms with Gasteiger partial charge in [0.25, 0.3) is 5.91 Å². The highest BCUT2D eigenvalue weighted by Gasteiger charge is 2.28. The third kappa shape index (κ3) is 3.40. The minimum atomic E-state index is 0.00313. The molecular formula is C22H25N5O. The van der Waals surface area contributed by atoms with Crippen molar-refractivity contribution in [1.29, 1.82) is 0 Å². The molecule has 2 aliphatic rings. The van der Waals surface area contributed by atoms with Crippen LogP contribution in [0.2, 0.25) is 0 Å². The molecule has 6 nitrogen and oxygen atoms in total. The first-order valence-electron chi connectivity index (χ1n) is 10.2. The number of hydrogen-bond acceptors (Lipinski definition) is 4. The third-order valence-corrected chi connectivity index (χ3v) is 6.02. The van der Waals surface area contributed by atoms with E-state index in [0.717, 1.165) is 50.4 Å². The molecule has 1 aliphatic carbocycles. The third-order valence-electron chi connectivity index (χ3n) is 6.02. The number of pyridine rings is 1. The van der Waals surface area contributed by atoms with E-state index in [2.05, 4.69) is 50.7 Å². The minimum Gasteiger partial charge on any atom is -0.349 e. The van der Waals surface area contributed by atoms with Gasteiger partial charge < -0.3 is 5.32 Å². The summed E-state index contributed by atoms with van der Waals surface area (Å²) in [6.45, 7) is 2.98. The van der Waals surface area contributed by atoms with Crippen molar-refractivity contribution < 1.29 is 4.79 Å². The van der Waals surface area contributed by atoms with Crippen LogP contribution in [0.25, 0.3) is 5.65 Å². The summed E-state index contributed by atoms with van der Waals surface area (Å²) in [5.74, 6) is 1.30. The van der Waals surface area contributed by atoms with Gasteiger partial charge >= 0.3 is 0 Å². The van der Waals surface area contributed by atoms with E-state index < -0.39 is 0 Å². The van der Waals surface area contributed by atoms with Crippen molar-refractivity contribution in [3.05, 3.63) is 65.6 Å². The van der Waals surface area contributed by atoms with Gasteiger partial charge in [-0.2, -0.15) is 0 Å². The van der Waals surface area contributed by atoms with Crippen LogP contribution in [0.4, 0.5) is 0 Å². The molecule has 2 fully saturated rings. The fourth-order valence-corrected chi connectivity index (χ4v) is 4.17. The number of rotatable bonds is 5. The first-order valence-corrected chi connectivity index (χ1v) is 10.2. The van der Waals surface area contributed by atoms with Gasteiger partial charge in [0.1, 0.15) is 5.82 Å². The number of benzene rings is 1. The van der Waals surface area contributed by atoms with Crippen LogP contribution in [0.15, 0.2) is 48.7 Å². The summed E-state index contributed by atoms with van der Waals surface area (Å²) in [4.78, 5) is 15.0. The summed E-state index contributed by atoms with van der Waals surface area (Å²) < 4.78 is 2.01. The number of nitrogens with one attached hydrogen (secondary N) is 1. The lowest BCUT2D eigenvalue weighted by molar-refractivity contribution is 0.0916. The molecular weight excluding hydrogens is 350 g/mol. The molecule has 1 saturated heterocycles. The Morgan fingerprint density at radius 3 is 2.71 bits per heavy atom. The molecule has 1 N–H and O–H groups in total. The van der Waals surface area contributed by atoms with Crippen LogP contribution in [-0.2, 0) is 6.54 Å². The molecule has 1 atom stereocenters. The smallest absolute Gasteiger partial charge is 0.252 e. The maximum Gasteiger partial charge on any atom is 0.252 e. The van der Waals surface area contributed by atoms with Gasteiger partial charge in [-0.05, 0) is 49.9 Å². The average molecular weight is 375 g/mol. The molecule has 144 valence electrons. The van der Waals surface area contributed by atoms with Crippen molar-refractivity contribution in [2.75, 3.05) is 13.1 Å². The maximum atomic E-state index is 12.5. The predicted molar refractivity (Wildman–Crippen MR) is 107 cm³/mol. The van der Waals surface area contributed by atoms with Gasteiger partial charge in [-0.1, -0.05) is 30.3 Å². The molecule has 6 heteroatoms. The molecule has 0 bridgehead atoms. The Kier molecular flexibility index (Phi) is 4.56. The Morgan fingerprint density at radius 1 is 1.07 bits per heavy atom. The predicted octanol–water partition coefficient (Wildman–Crippen LogP) is 3.00. The molecule has 1 saturated carbocycles. The maximum absolute atomic E-state index is 12.5. The molecule has 0 spiro atoms. The molecule has 3 aromatic rings. The lowest BCUT2D eigenvalue weighted by Crippen LogP contribution is -2.39. The monoisotopic (exact) mass is 375 g/mol. The van der Waals surface area contributed by atoms with Gasteiger partial charge in [0.2, 0.25) is 0 Å². The number of nitrogens with zero attached hydrogens (tertiary/aromatic N) is 4. The van der Waals surface area contributed by atoms with E-state index >= 15 is 0 Å². The number of aromatic nitrogens is 3. The fraction of sp³-hybridized carbons (Fsp3) is 0.409. The summed E-state index contributed by atoms with van der Waals surface area (Å²) in [5, 5.41) is 11.9. The summed E-state index contributed by atoms with van der Waals surface area (Å²) in [6.07, 6.45) is 6.35. The van der Waals surface area contributed by atoms with Crippen molar-refractivity contribution in [3.8, 4) is 0 Å². The summed E-state index contributed by atoms with van der Waals surface area (Å²) in [7, 11) is 0. The van der Waals surface area contributed by atoms with Gasteiger partial charge in [-0.25, -0.2) is 0 Å². The van der Waals surface area contributed by atoms with E-state index in [1.165, 1.54) is 12.0 Å². The highest BCUT2D eigenvalue weighted by atomic mass is 16.1. The number of fused-ring (bicyclic) bond motifs is 1. The van der Waals surface area contributed by atoms with Gasteiger partial charge in [0.05, 0.1) is 5.56 Å². The zero-order valence-corrected chi connectivity index (χ0v) is 15.9. The molecule has 1 unspecified atom stereocenters. The Balaban J connectivity index is 1.32. The number of amides is 1. The molecule has 5 rings (SSSR count). The first-order chi connectivity index (χ1) is 13.8. The van der Waals surface area contributed by atoms with Crippen molar-refractivity contribution >= 4 is 11.6 Å². The standard InChI is InChI=1S/C22H25N5O/c28-22(23-19-7-4-8-19)18-9-10-20-24-25-21(27(20)15-18)17-11-12-26(14-17)13-16-5-2-1-3-6-16/h1-3,5-6,9-10,15,17,19H,4,7-8,11-14H2,(H,23,28). The lowest BCUT2D eigenvalue weighted by Gasteiger charge is -2.26. The van der Waals surface area contributed by atoms with Crippen LogP contribution in [0, 0.1) is 0 Å². The minimum absolute atomic E-state index is 0.00313. The second-order valence-electron chi connectivity index (χ2n) is 8.01. The second kappa shape index (κ2) is 7.36. The first kappa shape index (κ1) is 17.4. The quantitative estimate of drug-likeness (QED) is 0.745. The van der Waals surface area contributed by atoms with Gasteiger partial charge in [-0.3, -0.25) is 14.1 Å². The van der Waals surface area contributed by atoms with E-state index in [-0.39, 0.29) is 5.91 Å². The Hall–Kier alpha value is -2.73. The van der Waals surface area contributed by atoms with E-state index in [1.807, 2.05) is 22.7 Å². The van der Waals surface area contributed by atoms with Crippen LogP contribution in [-0.4, -0.2) is 44.5 Å². The molecule has 2 aromatic heterocycles. The Labute approximate surface area is 164 Å². The van der Waals surface area contributed by atoms with Crippen LogP contribution < -0.4 is 5.32 Å². The summed E-state index contributed by atoms with van der Waals surface area (Å²) in [6, 6.07) is 14.7. The van der Waals surface area contributed by atoms with Crippen molar-refractivity contribution in [2.45, 2.75) is 44.2 Å². The van der Waals surface area contributed by atoms with E-state index in [1.54, 1.807) is 0 Å². The average Bonchev–Trinajstić information content (AvgIpc) is 3.31. The molecule has 1 aliphatic heterocycles. The number of carbonyl (C=O) groups is 1. The Bertz CT molecular complexity index is 979. The van der Waals surface area contributed by atoms with Gasteiger partial charge in [0, 0.05) is 31.2 Å². The van der Waals surface area contributed by atoms with E-state index in [9.17, 15) is 4.79 Å². The number of likely N-dealkylation sites (tertiary alicyclic amines) is 1. The zero-order valence-electron chi connectivity index (χ0n) is 15.9. The van der Waals surface area contributed by atoms with Crippen molar-refractivity contribution in [1.82, 2.24) is 24.8 Å². The van der Waals surface area contributed by atoms with Crippen LogP contribution in [0.3, 0.4) is 0 Å². The highest BCUT2D eigenvalue weighted by Crippen LogP contribution is 2.27. The van der Waals surface area contributed by atoms with E-state index in [4.69, 9.17) is 0 Å². The summed E-state index contributed by atoms with van der Waals surface area (Å²) in [5.41, 5.74) is 2.82.